The predicted molar refractivity (Wildman–Crippen MR) is 100 cm³/mol. The fourth-order valence-corrected chi connectivity index (χ4v) is 5.69. The van der Waals surface area contributed by atoms with E-state index in [1.54, 1.807) is 26.2 Å². The van der Waals surface area contributed by atoms with Crippen molar-refractivity contribution in [2.45, 2.75) is 36.6 Å². The number of Topliss-reactive ketones (excluding diaryl/α,β-unsaturated/α-hetero) is 1. The Balaban J connectivity index is 2.12. The quantitative estimate of drug-likeness (QED) is 0.786. The Bertz CT molecular complexity index is 906. The van der Waals surface area contributed by atoms with E-state index in [-0.39, 0.29) is 30.3 Å². The standard InChI is InChI=1S/C21H25NO6/c1-22-15(24)11-20-10-13(23)17(26-3)19(28-5)21(20,22)9-8-12-6-7-14(25-2)18(27-4)16(12)20/h6-7H,8-11H2,1-5H3/t20-,21-/m1/s1. The molecule has 28 heavy (non-hydrogen) atoms. The van der Waals surface area contributed by atoms with Crippen molar-refractivity contribution in [1.82, 2.24) is 4.90 Å². The van der Waals surface area contributed by atoms with Crippen molar-refractivity contribution in [3.63, 3.8) is 0 Å². The van der Waals surface area contributed by atoms with Crippen LogP contribution >= 0.6 is 0 Å². The molecule has 1 aromatic rings. The van der Waals surface area contributed by atoms with Gasteiger partial charge < -0.3 is 23.8 Å². The van der Waals surface area contributed by atoms with E-state index in [0.717, 1.165) is 11.1 Å². The van der Waals surface area contributed by atoms with Gasteiger partial charge in [0.25, 0.3) is 0 Å². The lowest BCUT2D eigenvalue weighted by Gasteiger charge is -2.54. The number of methoxy groups -OCH3 is 4. The van der Waals surface area contributed by atoms with E-state index in [2.05, 4.69) is 0 Å². The first-order valence-electron chi connectivity index (χ1n) is 9.28. The molecular formula is C21H25NO6. The lowest BCUT2D eigenvalue weighted by Crippen LogP contribution is -2.62. The molecule has 0 saturated carbocycles. The highest BCUT2D eigenvalue weighted by Crippen LogP contribution is 2.64. The Morgan fingerprint density at radius 2 is 1.71 bits per heavy atom. The maximum atomic E-state index is 13.1. The molecule has 2 atom stereocenters. The summed E-state index contributed by atoms with van der Waals surface area (Å²) in [5.41, 5.74) is 0.346. The van der Waals surface area contributed by atoms with Gasteiger partial charge in [0.05, 0.1) is 28.4 Å². The van der Waals surface area contributed by atoms with Crippen molar-refractivity contribution in [1.29, 1.82) is 0 Å². The number of carbonyl (C=O) groups is 2. The van der Waals surface area contributed by atoms with Gasteiger partial charge in [-0.15, -0.1) is 0 Å². The number of ether oxygens (including phenoxy) is 4. The molecule has 0 radical (unpaired) electrons. The molecule has 1 aliphatic heterocycles. The van der Waals surface area contributed by atoms with Crippen LogP contribution in [0.2, 0.25) is 0 Å². The van der Waals surface area contributed by atoms with Gasteiger partial charge in [0.15, 0.2) is 17.3 Å². The molecule has 7 nitrogen and oxygen atoms in total. The number of nitrogens with zero attached hydrogens (tertiary/aromatic N) is 1. The molecule has 1 fully saturated rings. The van der Waals surface area contributed by atoms with Crippen LogP contribution in [0, 0.1) is 0 Å². The molecule has 0 bridgehead atoms. The maximum Gasteiger partial charge on any atom is 0.224 e. The van der Waals surface area contributed by atoms with Gasteiger partial charge >= 0.3 is 0 Å². The Morgan fingerprint density at radius 1 is 0.964 bits per heavy atom. The maximum absolute atomic E-state index is 13.1. The normalized spacial score (nSPS) is 28.5. The minimum Gasteiger partial charge on any atom is -0.495 e. The number of rotatable bonds is 4. The highest BCUT2D eigenvalue weighted by atomic mass is 16.5. The number of ketones is 1. The molecular weight excluding hydrogens is 362 g/mol. The summed E-state index contributed by atoms with van der Waals surface area (Å²) in [6.07, 6.45) is 1.71. The molecule has 0 unspecified atom stereocenters. The summed E-state index contributed by atoms with van der Waals surface area (Å²) in [5.74, 6) is 1.59. The number of aryl methyl sites for hydroxylation is 1. The first-order chi connectivity index (χ1) is 13.4. The third kappa shape index (κ3) is 1.94. The van der Waals surface area contributed by atoms with E-state index in [1.807, 2.05) is 12.1 Å². The number of fused-ring (bicyclic) bond motifs is 1. The second kappa shape index (κ2) is 6.15. The molecule has 0 spiro atoms. The number of likely N-dealkylation sites (N-methyl/N-ethyl adjacent to an activating group) is 1. The number of likely N-dealkylation sites (tertiary alicyclic amines) is 1. The van der Waals surface area contributed by atoms with Gasteiger partial charge in [0, 0.05) is 30.9 Å². The molecule has 1 saturated heterocycles. The molecule has 3 aliphatic rings. The predicted octanol–water partition coefficient (Wildman–Crippen LogP) is 1.97. The van der Waals surface area contributed by atoms with Gasteiger partial charge in [0.1, 0.15) is 5.54 Å². The highest BCUT2D eigenvalue weighted by molar-refractivity contribution is 6.00. The average Bonchev–Trinajstić information content (AvgIpc) is 2.93. The van der Waals surface area contributed by atoms with Crippen LogP contribution in [0.4, 0.5) is 0 Å². The van der Waals surface area contributed by atoms with Gasteiger partial charge in [-0.1, -0.05) is 6.07 Å². The summed E-state index contributed by atoms with van der Waals surface area (Å²) in [6.45, 7) is 0. The fraction of sp³-hybridized carbons (Fsp3) is 0.524. The smallest absolute Gasteiger partial charge is 0.224 e. The number of hydrogen-bond acceptors (Lipinski definition) is 6. The summed E-state index contributed by atoms with van der Waals surface area (Å²) in [6, 6.07) is 3.88. The second-order valence-corrected chi connectivity index (χ2v) is 7.57. The van der Waals surface area contributed by atoms with Crippen LogP contribution in [-0.2, 0) is 30.9 Å². The summed E-state index contributed by atoms with van der Waals surface area (Å²) >= 11 is 0. The van der Waals surface area contributed by atoms with Crippen molar-refractivity contribution >= 4 is 11.7 Å². The Morgan fingerprint density at radius 3 is 2.32 bits per heavy atom. The monoisotopic (exact) mass is 387 g/mol. The molecule has 0 N–H and O–H groups in total. The van der Waals surface area contributed by atoms with Crippen molar-refractivity contribution in [2.75, 3.05) is 35.5 Å². The Labute approximate surface area is 164 Å². The van der Waals surface area contributed by atoms with Crippen LogP contribution in [0.15, 0.2) is 23.7 Å². The number of benzene rings is 1. The van der Waals surface area contributed by atoms with Crippen LogP contribution < -0.4 is 9.47 Å². The zero-order valence-electron chi connectivity index (χ0n) is 16.9. The van der Waals surface area contributed by atoms with Crippen LogP contribution in [-0.4, -0.2) is 57.6 Å². The van der Waals surface area contributed by atoms with E-state index in [4.69, 9.17) is 18.9 Å². The average molecular weight is 387 g/mol. The van der Waals surface area contributed by atoms with E-state index < -0.39 is 11.0 Å². The van der Waals surface area contributed by atoms with Gasteiger partial charge in [-0.3, -0.25) is 9.59 Å². The molecule has 1 amide bonds. The fourth-order valence-electron chi connectivity index (χ4n) is 5.69. The zero-order chi connectivity index (χ0) is 20.3. The highest BCUT2D eigenvalue weighted by Gasteiger charge is 2.71. The number of hydrogen-bond donors (Lipinski definition) is 0. The zero-order valence-corrected chi connectivity index (χ0v) is 16.9. The second-order valence-electron chi connectivity index (χ2n) is 7.57. The third-order valence-corrected chi connectivity index (χ3v) is 6.76. The van der Waals surface area contributed by atoms with Crippen molar-refractivity contribution in [2.24, 2.45) is 0 Å². The topological polar surface area (TPSA) is 74.3 Å². The van der Waals surface area contributed by atoms with E-state index >= 15 is 0 Å². The van der Waals surface area contributed by atoms with Gasteiger partial charge in [-0.05, 0) is 24.5 Å². The molecule has 7 heteroatoms. The molecule has 0 aromatic heterocycles. The van der Waals surface area contributed by atoms with Crippen molar-refractivity contribution < 1.29 is 28.5 Å². The summed E-state index contributed by atoms with van der Waals surface area (Å²) in [7, 11) is 7.95. The largest absolute Gasteiger partial charge is 0.495 e. The summed E-state index contributed by atoms with van der Waals surface area (Å²) in [4.78, 5) is 27.9. The van der Waals surface area contributed by atoms with Crippen LogP contribution in [0.3, 0.4) is 0 Å². The lowest BCUT2D eigenvalue weighted by molar-refractivity contribution is -0.131. The Hall–Kier alpha value is -2.70. The van der Waals surface area contributed by atoms with Gasteiger partial charge in [0.2, 0.25) is 17.4 Å². The summed E-state index contributed by atoms with van der Waals surface area (Å²) in [5, 5.41) is 0. The molecule has 1 heterocycles. The Kier molecular flexibility index (Phi) is 4.10. The first kappa shape index (κ1) is 18.7. The minimum absolute atomic E-state index is 0.0302. The molecule has 4 rings (SSSR count). The van der Waals surface area contributed by atoms with E-state index in [0.29, 0.717) is 30.1 Å². The van der Waals surface area contributed by atoms with E-state index in [1.165, 1.54) is 14.2 Å². The van der Waals surface area contributed by atoms with Crippen LogP contribution in [0.1, 0.15) is 30.4 Å². The number of allylic oxidation sites excluding steroid dienone is 1. The van der Waals surface area contributed by atoms with Crippen LogP contribution in [0.5, 0.6) is 11.5 Å². The molecule has 1 aromatic carbocycles. The van der Waals surface area contributed by atoms with E-state index in [9.17, 15) is 9.59 Å². The van der Waals surface area contributed by atoms with Crippen molar-refractivity contribution in [3.05, 3.63) is 34.8 Å². The summed E-state index contributed by atoms with van der Waals surface area (Å²) < 4.78 is 22.5. The van der Waals surface area contributed by atoms with Crippen molar-refractivity contribution in [3.8, 4) is 11.5 Å². The van der Waals surface area contributed by atoms with Gasteiger partial charge in [-0.25, -0.2) is 0 Å². The molecule has 2 aliphatic carbocycles. The number of amides is 1. The minimum atomic E-state index is -0.801. The lowest BCUT2D eigenvalue weighted by atomic mass is 9.53. The third-order valence-electron chi connectivity index (χ3n) is 6.76. The molecule has 150 valence electrons. The number of carbonyl (C=O) groups excluding carboxylic acids is 2. The first-order valence-corrected chi connectivity index (χ1v) is 9.28. The van der Waals surface area contributed by atoms with Gasteiger partial charge in [-0.2, -0.15) is 0 Å². The SMILES string of the molecule is COC1=C(OC)[C@]23CCc4ccc(OC)c(OC)c4[C@@]2(CC1=O)CC(=O)N3C. The van der Waals surface area contributed by atoms with Crippen LogP contribution in [0.25, 0.3) is 0 Å².